The van der Waals surface area contributed by atoms with Crippen LogP contribution in [-0.4, -0.2) is 10.9 Å². The highest BCUT2D eigenvalue weighted by Crippen LogP contribution is 2.12. The first-order chi connectivity index (χ1) is 9.13. The smallest absolute Gasteiger partial charge is 0.224 e. The number of rotatable bonds is 4. The largest absolute Gasteiger partial charge is 0.399 e. The van der Waals surface area contributed by atoms with E-state index in [1.807, 2.05) is 24.3 Å². The molecular weight excluding hydrogens is 262 g/mol. The van der Waals surface area contributed by atoms with Crippen LogP contribution >= 0.6 is 11.6 Å². The van der Waals surface area contributed by atoms with E-state index in [0.29, 0.717) is 29.4 Å². The van der Waals surface area contributed by atoms with Crippen molar-refractivity contribution >= 4 is 28.9 Å². The Bertz CT molecular complexity index is 569. The molecule has 4 nitrogen and oxygen atoms in total. The van der Waals surface area contributed by atoms with E-state index in [0.717, 1.165) is 5.56 Å². The highest BCUT2D eigenvalue weighted by molar-refractivity contribution is 6.29. The van der Waals surface area contributed by atoms with Crippen LogP contribution in [0.1, 0.15) is 12.0 Å². The van der Waals surface area contributed by atoms with E-state index in [9.17, 15) is 4.79 Å². The normalized spacial score (nSPS) is 10.2. The topological polar surface area (TPSA) is 68.0 Å². The van der Waals surface area contributed by atoms with Gasteiger partial charge in [0.2, 0.25) is 5.91 Å². The summed E-state index contributed by atoms with van der Waals surface area (Å²) in [6.45, 7) is 0. The van der Waals surface area contributed by atoms with Gasteiger partial charge in [-0.1, -0.05) is 23.7 Å². The van der Waals surface area contributed by atoms with Crippen LogP contribution in [0.15, 0.2) is 42.6 Å². The third-order valence-corrected chi connectivity index (χ3v) is 2.83. The summed E-state index contributed by atoms with van der Waals surface area (Å²) in [5, 5.41) is 3.16. The molecule has 0 saturated carbocycles. The van der Waals surface area contributed by atoms with E-state index in [-0.39, 0.29) is 5.91 Å². The molecule has 2 rings (SSSR count). The summed E-state index contributed by atoms with van der Waals surface area (Å²) in [6.07, 6.45) is 2.57. The van der Waals surface area contributed by atoms with Crippen LogP contribution in [0, 0.1) is 0 Å². The number of halogens is 1. The average molecular weight is 276 g/mol. The lowest BCUT2D eigenvalue weighted by atomic mass is 10.1. The van der Waals surface area contributed by atoms with Gasteiger partial charge >= 0.3 is 0 Å². The number of aromatic nitrogens is 1. The third-order valence-electron chi connectivity index (χ3n) is 2.60. The van der Waals surface area contributed by atoms with E-state index < -0.39 is 0 Å². The van der Waals surface area contributed by atoms with E-state index in [1.165, 1.54) is 6.20 Å². The molecule has 0 aliphatic heterocycles. The quantitative estimate of drug-likeness (QED) is 0.666. The standard InChI is InChI=1S/C14H14ClN3O/c15-13-6-5-12(9-17-13)18-14(19)7-4-10-2-1-3-11(16)8-10/h1-3,5-6,8-9H,4,7,16H2,(H,18,19). The van der Waals surface area contributed by atoms with Crippen molar-refractivity contribution in [3.05, 3.63) is 53.3 Å². The van der Waals surface area contributed by atoms with E-state index in [4.69, 9.17) is 17.3 Å². The molecule has 0 radical (unpaired) electrons. The molecule has 1 aromatic carbocycles. The molecule has 98 valence electrons. The first-order valence-corrected chi connectivity index (χ1v) is 6.27. The fourth-order valence-electron chi connectivity index (χ4n) is 1.68. The molecule has 0 unspecified atom stereocenters. The average Bonchev–Trinajstić information content (AvgIpc) is 2.39. The number of pyridine rings is 1. The summed E-state index contributed by atoms with van der Waals surface area (Å²) in [4.78, 5) is 15.6. The Hall–Kier alpha value is -2.07. The molecule has 1 amide bonds. The summed E-state index contributed by atoms with van der Waals surface area (Å²) < 4.78 is 0. The van der Waals surface area contributed by atoms with Gasteiger partial charge in [0.05, 0.1) is 11.9 Å². The maximum Gasteiger partial charge on any atom is 0.224 e. The van der Waals surface area contributed by atoms with Crippen LogP contribution in [0.3, 0.4) is 0 Å². The summed E-state index contributed by atoms with van der Waals surface area (Å²) in [7, 11) is 0. The predicted octanol–water partition coefficient (Wildman–Crippen LogP) is 2.89. The zero-order valence-electron chi connectivity index (χ0n) is 10.3. The molecule has 1 heterocycles. The summed E-state index contributed by atoms with van der Waals surface area (Å²) in [5.41, 5.74) is 8.08. The first-order valence-electron chi connectivity index (χ1n) is 5.89. The van der Waals surface area contributed by atoms with Crippen LogP contribution in [0.4, 0.5) is 11.4 Å². The minimum atomic E-state index is -0.0634. The Labute approximate surface area is 116 Å². The van der Waals surface area contributed by atoms with Gasteiger partial charge in [-0.05, 0) is 36.2 Å². The van der Waals surface area contributed by atoms with Crippen molar-refractivity contribution < 1.29 is 4.79 Å². The van der Waals surface area contributed by atoms with Crippen LogP contribution < -0.4 is 11.1 Å². The number of amides is 1. The van der Waals surface area contributed by atoms with Crippen LogP contribution in [0.5, 0.6) is 0 Å². The Morgan fingerprint density at radius 2 is 2.16 bits per heavy atom. The van der Waals surface area contributed by atoms with Crippen molar-refractivity contribution in [2.24, 2.45) is 0 Å². The number of carbonyl (C=O) groups is 1. The zero-order valence-corrected chi connectivity index (χ0v) is 11.0. The van der Waals surface area contributed by atoms with Crippen LogP contribution in [-0.2, 0) is 11.2 Å². The molecule has 0 bridgehead atoms. The Kier molecular flexibility index (Phi) is 4.36. The number of nitrogens with one attached hydrogen (secondary N) is 1. The fourth-order valence-corrected chi connectivity index (χ4v) is 1.79. The van der Waals surface area contributed by atoms with Crippen molar-refractivity contribution in [3.8, 4) is 0 Å². The fraction of sp³-hybridized carbons (Fsp3) is 0.143. The molecule has 1 aromatic heterocycles. The Morgan fingerprint density at radius 1 is 1.32 bits per heavy atom. The lowest BCUT2D eigenvalue weighted by Gasteiger charge is -2.05. The molecule has 0 saturated heterocycles. The number of carbonyl (C=O) groups excluding carboxylic acids is 1. The summed E-state index contributed by atoms with van der Waals surface area (Å²) in [5.74, 6) is -0.0634. The molecule has 3 N–H and O–H groups in total. The molecule has 19 heavy (non-hydrogen) atoms. The number of hydrogen-bond donors (Lipinski definition) is 2. The molecule has 5 heteroatoms. The second-order valence-corrected chi connectivity index (χ2v) is 4.55. The maximum absolute atomic E-state index is 11.8. The molecule has 0 atom stereocenters. The predicted molar refractivity (Wildman–Crippen MR) is 77.1 cm³/mol. The van der Waals surface area contributed by atoms with Gasteiger partial charge in [0.1, 0.15) is 5.15 Å². The number of anilines is 2. The summed E-state index contributed by atoms with van der Waals surface area (Å²) in [6, 6.07) is 10.9. The molecule has 2 aromatic rings. The number of aryl methyl sites for hydroxylation is 1. The summed E-state index contributed by atoms with van der Waals surface area (Å²) >= 11 is 5.67. The van der Waals surface area contributed by atoms with Crippen molar-refractivity contribution in [1.29, 1.82) is 0 Å². The van der Waals surface area contributed by atoms with Gasteiger partial charge in [-0.25, -0.2) is 4.98 Å². The van der Waals surface area contributed by atoms with Gasteiger partial charge < -0.3 is 11.1 Å². The number of nitrogens with two attached hydrogens (primary N) is 1. The van der Waals surface area contributed by atoms with Gasteiger partial charge in [0, 0.05) is 12.1 Å². The molecule has 0 fully saturated rings. The molecule has 0 aliphatic rings. The number of benzene rings is 1. The van der Waals surface area contributed by atoms with E-state index in [1.54, 1.807) is 12.1 Å². The Balaban J connectivity index is 1.86. The van der Waals surface area contributed by atoms with E-state index in [2.05, 4.69) is 10.3 Å². The Morgan fingerprint density at radius 3 is 2.84 bits per heavy atom. The highest BCUT2D eigenvalue weighted by atomic mass is 35.5. The maximum atomic E-state index is 11.8. The molecule has 0 spiro atoms. The van der Waals surface area contributed by atoms with Gasteiger partial charge in [-0.15, -0.1) is 0 Å². The molecule has 0 aliphatic carbocycles. The van der Waals surface area contributed by atoms with Crippen LogP contribution in [0.25, 0.3) is 0 Å². The van der Waals surface area contributed by atoms with Gasteiger partial charge in [-0.2, -0.15) is 0 Å². The third kappa shape index (κ3) is 4.26. The lowest BCUT2D eigenvalue weighted by Crippen LogP contribution is -2.12. The minimum absolute atomic E-state index is 0.0634. The van der Waals surface area contributed by atoms with Crippen molar-refractivity contribution in [1.82, 2.24) is 4.98 Å². The number of hydrogen-bond acceptors (Lipinski definition) is 3. The second-order valence-electron chi connectivity index (χ2n) is 4.16. The minimum Gasteiger partial charge on any atom is -0.399 e. The second kappa shape index (κ2) is 6.20. The van der Waals surface area contributed by atoms with Crippen molar-refractivity contribution in [3.63, 3.8) is 0 Å². The van der Waals surface area contributed by atoms with Crippen LogP contribution in [0.2, 0.25) is 5.15 Å². The van der Waals surface area contributed by atoms with E-state index >= 15 is 0 Å². The first kappa shape index (κ1) is 13.4. The monoisotopic (exact) mass is 275 g/mol. The highest BCUT2D eigenvalue weighted by Gasteiger charge is 2.03. The SMILES string of the molecule is Nc1cccc(CCC(=O)Nc2ccc(Cl)nc2)c1. The van der Waals surface area contributed by atoms with Crippen molar-refractivity contribution in [2.75, 3.05) is 11.1 Å². The number of nitrogen functional groups attached to an aromatic ring is 1. The lowest BCUT2D eigenvalue weighted by molar-refractivity contribution is -0.116. The zero-order chi connectivity index (χ0) is 13.7. The number of nitrogens with zero attached hydrogens (tertiary/aromatic N) is 1. The molecular formula is C14H14ClN3O. The van der Waals surface area contributed by atoms with Gasteiger partial charge in [0.25, 0.3) is 0 Å². The van der Waals surface area contributed by atoms with Gasteiger partial charge in [0.15, 0.2) is 0 Å². The van der Waals surface area contributed by atoms with Gasteiger partial charge in [-0.3, -0.25) is 4.79 Å². The van der Waals surface area contributed by atoms with Crippen molar-refractivity contribution in [2.45, 2.75) is 12.8 Å².